The molecule has 2 aromatic rings. The van der Waals surface area contributed by atoms with Crippen molar-refractivity contribution in [3.63, 3.8) is 0 Å². The Morgan fingerprint density at radius 3 is 3.07 bits per heavy atom. The lowest BCUT2D eigenvalue weighted by Crippen LogP contribution is -2.15. The topological polar surface area (TPSA) is 32.3 Å². The second-order valence-electron chi connectivity index (χ2n) is 3.37. The zero-order chi connectivity index (χ0) is 9.97. The van der Waals surface area contributed by atoms with E-state index in [0.717, 1.165) is 5.69 Å². The average molecular weight is 207 g/mol. The van der Waals surface area contributed by atoms with Crippen molar-refractivity contribution in [2.75, 3.05) is 11.9 Å². The molecule has 0 amide bonds. The van der Waals surface area contributed by atoms with Gasteiger partial charge in [0.05, 0.1) is 16.5 Å². The summed E-state index contributed by atoms with van der Waals surface area (Å²) in [5.41, 5.74) is 1.11. The van der Waals surface area contributed by atoms with Crippen molar-refractivity contribution >= 4 is 27.1 Å². The van der Waals surface area contributed by atoms with E-state index in [0.29, 0.717) is 6.54 Å². The van der Waals surface area contributed by atoms with E-state index in [4.69, 9.17) is 0 Å². The molecule has 0 saturated carbocycles. The first-order chi connectivity index (χ1) is 6.77. The number of thiophene rings is 1. The molecule has 0 radical (unpaired) electrons. The molecular formula is C11H13NOS. The monoisotopic (exact) mass is 207 g/mol. The number of rotatable bonds is 3. The Bertz CT molecular complexity index is 422. The van der Waals surface area contributed by atoms with Crippen LogP contribution in [-0.4, -0.2) is 17.8 Å². The zero-order valence-electron chi connectivity index (χ0n) is 8.03. The largest absolute Gasteiger partial charge is 0.392 e. The highest BCUT2D eigenvalue weighted by atomic mass is 32.1. The van der Waals surface area contributed by atoms with E-state index in [1.807, 2.05) is 12.1 Å². The van der Waals surface area contributed by atoms with Gasteiger partial charge in [0.25, 0.3) is 0 Å². The van der Waals surface area contributed by atoms with Crippen LogP contribution in [0.1, 0.15) is 6.92 Å². The SMILES string of the molecule is C[C@@H](O)CNc1cccc2ccsc12. The molecule has 2 nitrogen and oxygen atoms in total. The van der Waals surface area contributed by atoms with Gasteiger partial charge in [-0.15, -0.1) is 11.3 Å². The Morgan fingerprint density at radius 2 is 2.29 bits per heavy atom. The molecular weight excluding hydrogens is 194 g/mol. The van der Waals surface area contributed by atoms with Crippen molar-refractivity contribution in [2.24, 2.45) is 0 Å². The minimum atomic E-state index is -0.315. The fraction of sp³-hybridized carbons (Fsp3) is 0.273. The average Bonchev–Trinajstić information content (AvgIpc) is 2.62. The summed E-state index contributed by atoms with van der Waals surface area (Å²) in [6.45, 7) is 2.37. The summed E-state index contributed by atoms with van der Waals surface area (Å²) in [5, 5.41) is 15.7. The van der Waals surface area contributed by atoms with Gasteiger partial charge in [0.2, 0.25) is 0 Å². The summed E-state index contributed by atoms with van der Waals surface area (Å²) in [4.78, 5) is 0. The van der Waals surface area contributed by atoms with E-state index in [2.05, 4.69) is 22.8 Å². The maximum atomic E-state index is 9.18. The number of aliphatic hydroxyl groups excluding tert-OH is 1. The van der Waals surface area contributed by atoms with Gasteiger partial charge in [-0.1, -0.05) is 12.1 Å². The molecule has 0 aliphatic carbocycles. The van der Waals surface area contributed by atoms with Crippen molar-refractivity contribution in [2.45, 2.75) is 13.0 Å². The summed E-state index contributed by atoms with van der Waals surface area (Å²) < 4.78 is 1.26. The number of benzene rings is 1. The third-order valence-electron chi connectivity index (χ3n) is 2.07. The van der Waals surface area contributed by atoms with E-state index >= 15 is 0 Å². The molecule has 2 N–H and O–H groups in total. The molecule has 1 aromatic heterocycles. The molecule has 0 fully saturated rings. The molecule has 2 rings (SSSR count). The van der Waals surface area contributed by atoms with E-state index in [1.54, 1.807) is 18.3 Å². The van der Waals surface area contributed by atoms with Crippen molar-refractivity contribution in [3.8, 4) is 0 Å². The van der Waals surface area contributed by atoms with Crippen molar-refractivity contribution in [3.05, 3.63) is 29.6 Å². The van der Waals surface area contributed by atoms with E-state index in [9.17, 15) is 5.11 Å². The molecule has 1 atom stereocenters. The standard InChI is InChI=1S/C11H13NOS/c1-8(13)7-12-10-4-2-3-9-5-6-14-11(9)10/h2-6,8,12-13H,7H2,1H3/t8-/m1/s1. The highest BCUT2D eigenvalue weighted by Gasteiger charge is 2.02. The lowest BCUT2D eigenvalue weighted by molar-refractivity contribution is 0.208. The predicted molar refractivity (Wildman–Crippen MR) is 62.0 cm³/mol. The Balaban J connectivity index is 2.27. The van der Waals surface area contributed by atoms with Crippen LogP contribution in [0.4, 0.5) is 5.69 Å². The second kappa shape index (κ2) is 3.98. The van der Waals surface area contributed by atoms with Gasteiger partial charge in [-0.05, 0) is 29.8 Å². The van der Waals surface area contributed by atoms with Crippen molar-refractivity contribution in [1.29, 1.82) is 0 Å². The number of anilines is 1. The minimum absolute atomic E-state index is 0.315. The van der Waals surface area contributed by atoms with Gasteiger partial charge in [0, 0.05) is 6.54 Å². The van der Waals surface area contributed by atoms with Gasteiger partial charge >= 0.3 is 0 Å². The maximum Gasteiger partial charge on any atom is 0.0684 e. The molecule has 14 heavy (non-hydrogen) atoms. The van der Waals surface area contributed by atoms with Crippen LogP contribution < -0.4 is 5.32 Å². The smallest absolute Gasteiger partial charge is 0.0684 e. The number of nitrogens with one attached hydrogen (secondary N) is 1. The first-order valence-electron chi connectivity index (χ1n) is 4.65. The molecule has 0 aliphatic heterocycles. The Hall–Kier alpha value is -1.06. The van der Waals surface area contributed by atoms with Gasteiger partial charge in [0.1, 0.15) is 0 Å². The third kappa shape index (κ3) is 1.89. The van der Waals surface area contributed by atoms with Crippen molar-refractivity contribution < 1.29 is 5.11 Å². The van der Waals surface area contributed by atoms with Crippen LogP contribution in [-0.2, 0) is 0 Å². The highest BCUT2D eigenvalue weighted by Crippen LogP contribution is 2.28. The molecule has 1 aromatic carbocycles. The summed E-state index contributed by atoms with van der Waals surface area (Å²) in [7, 11) is 0. The third-order valence-corrected chi connectivity index (χ3v) is 3.03. The maximum absolute atomic E-state index is 9.18. The Labute approximate surface area is 87.2 Å². The number of hydrogen-bond acceptors (Lipinski definition) is 3. The Kier molecular flexibility index (Phi) is 2.70. The molecule has 0 unspecified atom stereocenters. The van der Waals surface area contributed by atoms with Crippen LogP contribution >= 0.6 is 11.3 Å². The van der Waals surface area contributed by atoms with E-state index in [1.165, 1.54) is 10.1 Å². The van der Waals surface area contributed by atoms with Crippen LogP contribution in [0.25, 0.3) is 10.1 Å². The quantitative estimate of drug-likeness (QED) is 0.811. The first kappa shape index (κ1) is 9.49. The molecule has 74 valence electrons. The van der Waals surface area contributed by atoms with Crippen LogP contribution in [0.2, 0.25) is 0 Å². The minimum Gasteiger partial charge on any atom is -0.392 e. The Morgan fingerprint density at radius 1 is 1.43 bits per heavy atom. The van der Waals surface area contributed by atoms with Gasteiger partial charge in [-0.3, -0.25) is 0 Å². The normalized spacial score (nSPS) is 13.0. The van der Waals surface area contributed by atoms with Crippen LogP contribution in [0.15, 0.2) is 29.6 Å². The van der Waals surface area contributed by atoms with Crippen molar-refractivity contribution in [1.82, 2.24) is 0 Å². The summed E-state index contributed by atoms with van der Waals surface area (Å²) >= 11 is 1.72. The fourth-order valence-electron chi connectivity index (χ4n) is 1.39. The lowest BCUT2D eigenvalue weighted by atomic mass is 10.2. The van der Waals surface area contributed by atoms with E-state index in [-0.39, 0.29) is 6.10 Å². The summed E-state index contributed by atoms with van der Waals surface area (Å²) in [6, 6.07) is 8.27. The number of aliphatic hydroxyl groups is 1. The van der Waals surface area contributed by atoms with Gasteiger partial charge in [-0.25, -0.2) is 0 Å². The number of fused-ring (bicyclic) bond motifs is 1. The lowest BCUT2D eigenvalue weighted by Gasteiger charge is -2.08. The molecule has 0 aliphatic rings. The van der Waals surface area contributed by atoms with Crippen LogP contribution in [0.3, 0.4) is 0 Å². The summed E-state index contributed by atoms with van der Waals surface area (Å²) in [6.07, 6.45) is -0.315. The van der Waals surface area contributed by atoms with Gasteiger partial charge in [-0.2, -0.15) is 0 Å². The predicted octanol–water partition coefficient (Wildman–Crippen LogP) is 2.69. The molecule has 0 saturated heterocycles. The van der Waals surface area contributed by atoms with Gasteiger partial charge in [0.15, 0.2) is 0 Å². The highest BCUT2D eigenvalue weighted by molar-refractivity contribution is 7.17. The van der Waals surface area contributed by atoms with Crippen LogP contribution in [0, 0.1) is 0 Å². The molecule has 1 heterocycles. The molecule has 0 bridgehead atoms. The summed E-state index contributed by atoms with van der Waals surface area (Å²) in [5.74, 6) is 0. The first-order valence-corrected chi connectivity index (χ1v) is 5.53. The zero-order valence-corrected chi connectivity index (χ0v) is 8.84. The van der Waals surface area contributed by atoms with Gasteiger partial charge < -0.3 is 10.4 Å². The molecule has 0 spiro atoms. The van der Waals surface area contributed by atoms with Crippen LogP contribution in [0.5, 0.6) is 0 Å². The number of hydrogen-bond donors (Lipinski definition) is 2. The fourth-order valence-corrected chi connectivity index (χ4v) is 2.28. The molecule has 3 heteroatoms. The second-order valence-corrected chi connectivity index (χ2v) is 4.29. The van der Waals surface area contributed by atoms with E-state index < -0.39 is 0 Å².